The van der Waals surface area contributed by atoms with Crippen molar-refractivity contribution in [2.75, 3.05) is 6.61 Å². The van der Waals surface area contributed by atoms with Crippen molar-refractivity contribution in [1.82, 2.24) is 10.2 Å². The number of carbonyl (C=O) groups is 1. The Hall–Kier alpha value is -1.14. The average Bonchev–Trinajstić information content (AvgIpc) is 2.85. The number of hydrogen-bond donors (Lipinski definition) is 1. The summed E-state index contributed by atoms with van der Waals surface area (Å²) in [6.45, 7) is 2.12. The van der Waals surface area contributed by atoms with Crippen LogP contribution in [0.5, 0.6) is 0 Å². The van der Waals surface area contributed by atoms with Crippen LogP contribution in [0.4, 0.5) is 0 Å². The molecule has 84 valence electrons. The van der Waals surface area contributed by atoms with Crippen LogP contribution in [0, 0.1) is 0 Å². The first-order valence-electron chi connectivity index (χ1n) is 4.69. The molecule has 2 aromatic heterocycles. The Morgan fingerprint density at radius 1 is 1.62 bits per heavy atom. The van der Waals surface area contributed by atoms with Gasteiger partial charge < -0.3 is 4.74 Å². The number of H-pyrrole nitrogens is 1. The molecular weight excluding hydrogens is 292 g/mol. The third kappa shape index (κ3) is 2.33. The SMILES string of the molecule is CCOC(=O)c1cc(-c2ccc(Br)s2)[nH]n1. The summed E-state index contributed by atoms with van der Waals surface area (Å²) < 4.78 is 5.89. The topological polar surface area (TPSA) is 55.0 Å². The Labute approximate surface area is 105 Å². The van der Waals surface area contributed by atoms with E-state index in [1.54, 1.807) is 24.3 Å². The fourth-order valence-corrected chi connectivity index (χ4v) is 2.57. The van der Waals surface area contributed by atoms with Crippen molar-refractivity contribution in [3.05, 3.63) is 27.7 Å². The van der Waals surface area contributed by atoms with Crippen molar-refractivity contribution in [1.29, 1.82) is 0 Å². The van der Waals surface area contributed by atoms with Crippen molar-refractivity contribution in [2.24, 2.45) is 0 Å². The Morgan fingerprint density at radius 2 is 2.44 bits per heavy atom. The van der Waals surface area contributed by atoms with Gasteiger partial charge in [-0.1, -0.05) is 0 Å². The maximum Gasteiger partial charge on any atom is 0.358 e. The minimum absolute atomic E-state index is 0.307. The van der Waals surface area contributed by atoms with Crippen LogP contribution >= 0.6 is 27.3 Å². The fourth-order valence-electron chi connectivity index (χ4n) is 1.22. The van der Waals surface area contributed by atoms with E-state index in [1.807, 2.05) is 12.1 Å². The summed E-state index contributed by atoms with van der Waals surface area (Å²) in [6, 6.07) is 5.60. The number of aromatic amines is 1. The number of esters is 1. The lowest BCUT2D eigenvalue weighted by molar-refractivity contribution is 0.0519. The van der Waals surface area contributed by atoms with Crippen LogP contribution in [0.2, 0.25) is 0 Å². The lowest BCUT2D eigenvalue weighted by atomic mass is 10.3. The van der Waals surface area contributed by atoms with E-state index in [-0.39, 0.29) is 0 Å². The Kier molecular flexibility index (Phi) is 3.40. The monoisotopic (exact) mass is 300 g/mol. The minimum Gasteiger partial charge on any atom is -0.461 e. The summed E-state index contributed by atoms with van der Waals surface area (Å²) in [4.78, 5) is 12.4. The Morgan fingerprint density at radius 3 is 3.06 bits per heavy atom. The number of hydrogen-bond acceptors (Lipinski definition) is 4. The molecule has 6 heteroatoms. The summed E-state index contributed by atoms with van der Waals surface area (Å²) in [5.41, 5.74) is 1.13. The predicted octanol–water partition coefficient (Wildman–Crippen LogP) is 3.08. The van der Waals surface area contributed by atoms with Gasteiger partial charge in [0.25, 0.3) is 0 Å². The van der Waals surface area contributed by atoms with Gasteiger partial charge in [-0.05, 0) is 41.1 Å². The summed E-state index contributed by atoms with van der Waals surface area (Å²) in [6.07, 6.45) is 0. The third-order valence-electron chi connectivity index (χ3n) is 1.90. The van der Waals surface area contributed by atoms with E-state index in [2.05, 4.69) is 26.1 Å². The number of rotatable bonds is 3. The van der Waals surface area contributed by atoms with Crippen LogP contribution in [0.25, 0.3) is 10.6 Å². The van der Waals surface area contributed by atoms with Gasteiger partial charge in [0.2, 0.25) is 0 Å². The highest BCUT2D eigenvalue weighted by Gasteiger charge is 2.12. The Balaban J connectivity index is 2.22. The molecule has 2 heterocycles. The number of nitrogens with zero attached hydrogens (tertiary/aromatic N) is 1. The number of thiophene rings is 1. The molecule has 0 aliphatic carbocycles. The normalized spacial score (nSPS) is 10.4. The summed E-state index contributed by atoms with van der Waals surface area (Å²) in [5, 5.41) is 6.73. The zero-order chi connectivity index (χ0) is 11.5. The van der Waals surface area contributed by atoms with Crippen molar-refractivity contribution in [3.63, 3.8) is 0 Å². The number of carbonyl (C=O) groups excluding carboxylic acids is 1. The highest BCUT2D eigenvalue weighted by molar-refractivity contribution is 9.11. The molecule has 1 N–H and O–H groups in total. The molecule has 0 aliphatic rings. The predicted molar refractivity (Wildman–Crippen MR) is 65.6 cm³/mol. The lowest BCUT2D eigenvalue weighted by Crippen LogP contribution is -2.04. The molecule has 0 bridgehead atoms. The maximum absolute atomic E-state index is 11.4. The van der Waals surface area contributed by atoms with E-state index in [0.29, 0.717) is 12.3 Å². The van der Waals surface area contributed by atoms with Gasteiger partial charge in [0.1, 0.15) is 0 Å². The van der Waals surface area contributed by atoms with E-state index in [1.165, 1.54) is 0 Å². The number of nitrogens with one attached hydrogen (secondary N) is 1. The molecule has 0 saturated heterocycles. The van der Waals surface area contributed by atoms with Crippen LogP contribution in [-0.4, -0.2) is 22.8 Å². The van der Waals surface area contributed by atoms with Crippen molar-refractivity contribution < 1.29 is 9.53 Å². The first-order chi connectivity index (χ1) is 7.70. The highest BCUT2D eigenvalue weighted by Crippen LogP contribution is 2.30. The van der Waals surface area contributed by atoms with Gasteiger partial charge in [0, 0.05) is 0 Å². The largest absolute Gasteiger partial charge is 0.461 e. The van der Waals surface area contributed by atoms with Crippen molar-refractivity contribution >= 4 is 33.2 Å². The molecule has 0 atom stereocenters. The molecule has 0 radical (unpaired) electrons. The van der Waals surface area contributed by atoms with Gasteiger partial charge in [-0.15, -0.1) is 11.3 Å². The lowest BCUT2D eigenvalue weighted by Gasteiger charge is -1.95. The van der Waals surface area contributed by atoms with Gasteiger partial charge in [-0.3, -0.25) is 5.10 Å². The Bertz CT molecular complexity index is 506. The number of aromatic nitrogens is 2. The molecule has 16 heavy (non-hydrogen) atoms. The zero-order valence-corrected chi connectivity index (χ0v) is 10.9. The molecule has 0 fully saturated rings. The quantitative estimate of drug-likeness (QED) is 0.886. The molecule has 4 nitrogen and oxygen atoms in total. The van der Waals surface area contributed by atoms with Gasteiger partial charge in [0.05, 0.1) is 21.0 Å². The molecule has 0 unspecified atom stereocenters. The van der Waals surface area contributed by atoms with Gasteiger partial charge in [-0.2, -0.15) is 5.10 Å². The zero-order valence-electron chi connectivity index (χ0n) is 8.49. The number of ether oxygens (including phenoxy) is 1. The highest BCUT2D eigenvalue weighted by atomic mass is 79.9. The molecule has 0 spiro atoms. The van der Waals surface area contributed by atoms with Crippen LogP contribution in [0.1, 0.15) is 17.4 Å². The van der Waals surface area contributed by atoms with Crippen LogP contribution in [0.3, 0.4) is 0 Å². The van der Waals surface area contributed by atoms with Crippen molar-refractivity contribution in [3.8, 4) is 10.6 Å². The smallest absolute Gasteiger partial charge is 0.358 e. The maximum atomic E-state index is 11.4. The number of halogens is 1. The molecule has 0 amide bonds. The molecule has 0 saturated carbocycles. The van der Waals surface area contributed by atoms with Gasteiger partial charge >= 0.3 is 5.97 Å². The second-order valence-corrected chi connectivity index (χ2v) is 5.45. The standard InChI is InChI=1S/C10H9BrN2O2S/c1-2-15-10(14)7-5-6(12-13-7)8-3-4-9(11)16-8/h3-5H,2H2,1H3,(H,12,13). The molecule has 0 aliphatic heterocycles. The first-order valence-corrected chi connectivity index (χ1v) is 6.30. The van der Waals surface area contributed by atoms with E-state index in [4.69, 9.17) is 4.74 Å². The third-order valence-corrected chi connectivity index (χ3v) is 3.56. The van der Waals surface area contributed by atoms with Gasteiger partial charge in [-0.25, -0.2) is 4.79 Å². The molecule has 0 aromatic carbocycles. The minimum atomic E-state index is -0.402. The molecule has 2 rings (SSSR count). The van der Waals surface area contributed by atoms with Crippen LogP contribution in [0.15, 0.2) is 22.0 Å². The van der Waals surface area contributed by atoms with Gasteiger partial charge in [0.15, 0.2) is 5.69 Å². The second kappa shape index (κ2) is 4.80. The average molecular weight is 301 g/mol. The van der Waals surface area contributed by atoms with E-state index in [0.717, 1.165) is 14.4 Å². The van der Waals surface area contributed by atoms with E-state index in [9.17, 15) is 4.79 Å². The summed E-state index contributed by atoms with van der Waals surface area (Å²) >= 11 is 4.96. The van der Waals surface area contributed by atoms with E-state index >= 15 is 0 Å². The second-order valence-electron chi connectivity index (χ2n) is 2.99. The first kappa shape index (κ1) is 11.3. The molecular formula is C10H9BrN2O2S. The van der Waals surface area contributed by atoms with Crippen LogP contribution in [-0.2, 0) is 4.74 Å². The van der Waals surface area contributed by atoms with Crippen LogP contribution < -0.4 is 0 Å². The summed E-state index contributed by atoms with van der Waals surface area (Å²) in [5.74, 6) is -0.402. The molecule has 2 aromatic rings. The summed E-state index contributed by atoms with van der Waals surface area (Å²) in [7, 11) is 0. The van der Waals surface area contributed by atoms with Crippen molar-refractivity contribution in [2.45, 2.75) is 6.92 Å². The van der Waals surface area contributed by atoms with E-state index < -0.39 is 5.97 Å². The fraction of sp³-hybridized carbons (Fsp3) is 0.200.